The zero-order valence-electron chi connectivity index (χ0n) is 8.32. The van der Waals surface area contributed by atoms with Gasteiger partial charge in [-0.3, -0.25) is 0 Å². The molecule has 2 aliphatic rings. The molecule has 0 amide bonds. The number of piperidine rings is 2. The lowest BCUT2D eigenvalue weighted by Crippen LogP contribution is -2.59. The molecule has 3 nitrogen and oxygen atoms in total. The fraction of sp³-hybridized carbons (Fsp3) is 0.545. The van der Waals surface area contributed by atoms with Gasteiger partial charge in [-0.2, -0.15) is 0 Å². The first-order valence-corrected chi connectivity index (χ1v) is 5.32. The van der Waals surface area contributed by atoms with Crippen LogP contribution in [0, 0.1) is 17.7 Å². The number of hydrogen-bond acceptors (Lipinski definition) is 3. The number of pyridine rings is 1. The largest absolute Gasteiger partial charge is 0.472 e. The summed E-state index contributed by atoms with van der Waals surface area (Å²) in [4.78, 5) is 3.91. The van der Waals surface area contributed by atoms with Gasteiger partial charge < -0.3 is 10.1 Å². The highest BCUT2D eigenvalue weighted by Crippen LogP contribution is 2.39. The van der Waals surface area contributed by atoms with E-state index in [0.29, 0.717) is 11.8 Å². The maximum absolute atomic E-state index is 13.3. The quantitative estimate of drug-likeness (QED) is 0.793. The van der Waals surface area contributed by atoms with E-state index in [-0.39, 0.29) is 17.8 Å². The van der Waals surface area contributed by atoms with Gasteiger partial charge in [0.1, 0.15) is 6.10 Å². The van der Waals surface area contributed by atoms with Crippen molar-refractivity contribution < 1.29 is 9.13 Å². The van der Waals surface area contributed by atoms with Crippen LogP contribution in [-0.2, 0) is 0 Å². The molecular weight excluding hydrogens is 195 g/mol. The van der Waals surface area contributed by atoms with Crippen molar-refractivity contribution in [3.8, 4) is 5.88 Å². The molecule has 1 unspecified atom stereocenters. The summed E-state index contributed by atoms with van der Waals surface area (Å²) >= 11 is 0. The maximum atomic E-state index is 13.3. The lowest BCUT2D eigenvalue weighted by Gasteiger charge is -2.48. The Morgan fingerprint density at radius 2 is 2.20 bits per heavy atom. The van der Waals surface area contributed by atoms with Gasteiger partial charge in [-0.05, 0) is 18.6 Å². The highest BCUT2D eigenvalue weighted by molar-refractivity contribution is 5.15. The molecular formula is C11H13FN2O. The van der Waals surface area contributed by atoms with Crippen LogP contribution in [0.5, 0.6) is 5.88 Å². The molecule has 1 aliphatic heterocycles. The molecule has 1 aromatic rings. The van der Waals surface area contributed by atoms with Crippen molar-refractivity contribution >= 4 is 0 Å². The minimum Gasteiger partial charge on any atom is -0.472 e. The first kappa shape index (κ1) is 9.09. The van der Waals surface area contributed by atoms with E-state index in [1.165, 1.54) is 12.5 Å². The van der Waals surface area contributed by atoms with Gasteiger partial charge in [-0.15, -0.1) is 0 Å². The molecule has 0 aromatic carbocycles. The standard InChI is InChI=1S/C11H13FN2O/c12-9-2-1-3-14-11(9)15-10-7-4-8(10)6-13-5-7/h1-3,7-8,10,13H,4-6H2/t7-,8+,10?. The number of rotatable bonds is 2. The Balaban J connectivity index is 1.73. The van der Waals surface area contributed by atoms with E-state index in [9.17, 15) is 4.39 Å². The molecule has 2 heterocycles. The Bertz CT molecular complexity index is 357. The van der Waals surface area contributed by atoms with Crippen molar-refractivity contribution in [2.24, 2.45) is 11.8 Å². The van der Waals surface area contributed by atoms with Crippen LogP contribution in [0.25, 0.3) is 0 Å². The normalized spacial score (nSPS) is 33.3. The van der Waals surface area contributed by atoms with Gasteiger partial charge in [0, 0.05) is 31.1 Å². The summed E-state index contributed by atoms with van der Waals surface area (Å²) in [6.07, 6.45) is 2.92. The topological polar surface area (TPSA) is 34.1 Å². The Labute approximate surface area is 87.7 Å². The summed E-state index contributed by atoms with van der Waals surface area (Å²) < 4.78 is 18.9. The number of nitrogens with one attached hydrogen (secondary N) is 1. The average Bonchev–Trinajstić information content (AvgIpc) is 2.29. The van der Waals surface area contributed by atoms with Crippen LogP contribution in [-0.4, -0.2) is 24.2 Å². The van der Waals surface area contributed by atoms with Gasteiger partial charge in [-0.25, -0.2) is 9.37 Å². The number of ether oxygens (including phenoxy) is 1. The number of nitrogens with zero attached hydrogens (tertiary/aromatic N) is 1. The molecule has 1 saturated carbocycles. The predicted molar refractivity (Wildman–Crippen MR) is 53.1 cm³/mol. The molecule has 0 spiro atoms. The van der Waals surface area contributed by atoms with Crippen molar-refractivity contribution in [2.45, 2.75) is 12.5 Å². The number of halogens is 1. The molecule has 15 heavy (non-hydrogen) atoms. The van der Waals surface area contributed by atoms with E-state index in [4.69, 9.17) is 4.74 Å². The molecule has 1 N–H and O–H groups in total. The molecule has 3 rings (SSSR count). The van der Waals surface area contributed by atoms with E-state index < -0.39 is 0 Å². The van der Waals surface area contributed by atoms with Gasteiger partial charge in [0.05, 0.1) is 0 Å². The predicted octanol–water partition coefficient (Wildman–Crippen LogP) is 1.21. The second-order valence-corrected chi connectivity index (χ2v) is 4.29. The molecule has 2 fully saturated rings. The third-order valence-corrected chi connectivity index (χ3v) is 3.32. The first-order valence-electron chi connectivity index (χ1n) is 5.32. The van der Waals surface area contributed by atoms with Crippen LogP contribution in [0.4, 0.5) is 4.39 Å². The Morgan fingerprint density at radius 1 is 1.40 bits per heavy atom. The highest BCUT2D eigenvalue weighted by Gasteiger charge is 2.45. The molecule has 1 aliphatic carbocycles. The van der Waals surface area contributed by atoms with Crippen molar-refractivity contribution in [3.05, 3.63) is 24.1 Å². The Kier molecular flexibility index (Phi) is 2.09. The molecule has 1 aromatic heterocycles. The van der Waals surface area contributed by atoms with Gasteiger partial charge >= 0.3 is 0 Å². The minimum atomic E-state index is -0.365. The molecule has 1 saturated heterocycles. The second-order valence-electron chi connectivity index (χ2n) is 4.29. The van der Waals surface area contributed by atoms with E-state index in [1.807, 2.05) is 0 Å². The van der Waals surface area contributed by atoms with Crippen LogP contribution in [0.15, 0.2) is 18.3 Å². The summed E-state index contributed by atoms with van der Waals surface area (Å²) in [5, 5.41) is 3.32. The first-order chi connectivity index (χ1) is 7.34. The molecule has 2 bridgehead atoms. The zero-order chi connectivity index (χ0) is 10.3. The number of aromatic nitrogens is 1. The van der Waals surface area contributed by atoms with E-state index >= 15 is 0 Å². The maximum Gasteiger partial charge on any atom is 0.250 e. The third-order valence-electron chi connectivity index (χ3n) is 3.32. The fourth-order valence-electron chi connectivity index (χ4n) is 2.48. The smallest absolute Gasteiger partial charge is 0.250 e. The minimum absolute atomic E-state index is 0.152. The second kappa shape index (κ2) is 3.45. The summed E-state index contributed by atoms with van der Waals surface area (Å²) in [6, 6.07) is 2.96. The summed E-state index contributed by atoms with van der Waals surface area (Å²) in [7, 11) is 0. The van der Waals surface area contributed by atoms with Gasteiger partial charge in [-0.1, -0.05) is 0 Å². The van der Waals surface area contributed by atoms with Crippen molar-refractivity contribution in [1.29, 1.82) is 0 Å². The van der Waals surface area contributed by atoms with Crippen LogP contribution in [0.1, 0.15) is 6.42 Å². The summed E-state index contributed by atoms with van der Waals surface area (Å²) in [5.74, 6) is 0.852. The van der Waals surface area contributed by atoms with E-state index in [1.54, 1.807) is 12.3 Å². The lowest BCUT2D eigenvalue weighted by atomic mass is 9.69. The van der Waals surface area contributed by atoms with Crippen molar-refractivity contribution in [1.82, 2.24) is 10.3 Å². The van der Waals surface area contributed by atoms with Crippen LogP contribution < -0.4 is 10.1 Å². The lowest BCUT2D eigenvalue weighted by molar-refractivity contribution is -0.0490. The number of fused-ring (bicyclic) bond motifs is 2. The monoisotopic (exact) mass is 208 g/mol. The van der Waals surface area contributed by atoms with Crippen molar-refractivity contribution in [3.63, 3.8) is 0 Å². The number of hydrogen-bond donors (Lipinski definition) is 1. The van der Waals surface area contributed by atoms with Crippen LogP contribution in [0.2, 0.25) is 0 Å². The van der Waals surface area contributed by atoms with Crippen LogP contribution in [0.3, 0.4) is 0 Å². The van der Waals surface area contributed by atoms with Crippen molar-refractivity contribution in [2.75, 3.05) is 13.1 Å². The molecule has 4 heteroatoms. The zero-order valence-corrected chi connectivity index (χ0v) is 8.32. The SMILES string of the molecule is Fc1cccnc1OC1[C@@H]2CNC[C@H]1C2. The van der Waals surface area contributed by atoms with Gasteiger partial charge in [0.25, 0.3) is 5.88 Å². The third kappa shape index (κ3) is 1.49. The highest BCUT2D eigenvalue weighted by atomic mass is 19.1. The molecule has 0 radical (unpaired) electrons. The Hall–Kier alpha value is -1.16. The molecule has 80 valence electrons. The average molecular weight is 208 g/mol. The Morgan fingerprint density at radius 3 is 2.87 bits per heavy atom. The van der Waals surface area contributed by atoms with E-state index in [2.05, 4.69) is 10.3 Å². The van der Waals surface area contributed by atoms with E-state index in [0.717, 1.165) is 13.1 Å². The molecule has 3 atom stereocenters. The summed E-state index contributed by atoms with van der Waals surface area (Å²) in [5.41, 5.74) is 0. The summed E-state index contributed by atoms with van der Waals surface area (Å²) in [6.45, 7) is 1.96. The van der Waals surface area contributed by atoms with Gasteiger partial charge in [0.15, 0.2) is 5.82 Å². The van der Waals surface area contributed by atoms with Gasteiger partial charge in [0.2, 0.25) is 0 Å². The van der Waals surface area contributed by atoms with Crippen LogP contribution >= 0.6 is 0 Å². The fourth-order valence-corrected chi connectivity index (χ4v) is 2.48.